The molecule has 1 unspecified atom stereocenters. The zero-order valence-corrected chi connectivity index (χ0v) is 15.5. The van der Waals surface area contributed by atoms with E-state index in [-0.39, 0.29) is 0 Å². The maximum Gasteiger partial charge on any atom is 0.0994 e. The average Bonchev–Trinajstić information content (AvgIpc) is 3.44. The molecule has 0 aromatic heterocycles. The van der Waals surface area contributed by atoms with Crippen LogP contribution in [0.1, 0.15) is 61.1 Å². The lowest BCUT2D eigenvalue weighted by molar-refractivity contribution is 0.113. The van der Waals surface area contributed by atoms with Crippen molar-refractivity contribution < 1.29 is 0 Å². The molecular weight excluding hydrogens is 316 g/mol. The van der Waals surface area contributed by atoms with Crippen LogP contribution in [0.2, 0.25) is 0 Å². The Kier molecular flexibility index (Phi) is 5.09. The summed E-state index contributed by atoms with van der Waals surface area (Å²) in [6.07, 6.45) is 8.89. The SMILES string of the molecule is N#Cc1ccccc1CCCC1(CN[C@H]2CC2c2ccccc2)CCC1. The molecule has 2 atom stereocenters. The van der Waals surface area contributed by atoms with Crippen LogP contribution in [0.15, 0.2) is 54.6 Å². The van der Waals surface area contributed by atoms with Gasteiger partial charge in [0.15, 0.2) is 0 Å². The van der Waals surface area contributed by atoms with Crippen molar-refractivity contribution in [2.24, 2.45) is 5.41 Å². The van der Waals surface area contributed by atoms with Crippen molar-refractivity contribution >= 4 is 0 Å². The van der Waals surface area contributed by atoms with Gasteiger partial charge in [0.2, 0.25) is 0 Å². The van der Waals surface area contributed by atoms with E-state index < -0.39 is 0 Å². The molecule has 0 heterocycles. The quantitative estimate of drug-likeness (QED) is 0.714. The lowest BCUT2D eigenvalue weighted by Crippen LogP contribution is -2.41. The molecule has 2 aliphatic rings. The number of aryl methyl sites for hydroxylation is 1. The van der Waals surface area contributed by atoms with Gasteiger partial charge in [-0.05, 0) is 61.1 Å². The Morgan fingerprint density at radius 3 is 2.54 bits per heavy atom. The normalized spacial score (nSPS) is 23.0. The largest absolute Gasteiger partial charge is 0.313 e. The minimum atomic E-state index is 0.505. The predicted octanol–water partition coefficient (Wildman–Crippen LogP) is 5.20. The third kappa shape index (κ3) is 3.84. The second-order valence-corrected chi connectivity index (χ2v) is 8.22. The van der Waals surface area contributed by atoms with E-state index in [9.17, 15) is 5.26 Å². The Morgan fingerprint density at radius 2 is 1.81 bits per heavy atom. The molecule has 4 rings (SSSR count). The molecule has 0 aliphatic heterocycles. The van der Waals surface area contributed by atoms with Crippen LogP contribution in [0.5, 0.6) is 0 Å². The molecule has 2 saturated carbocycles. The molecule has 0 saturated heterocycles. The van der Waals surface area contributed by atoms with E-state index in [2.05, 4.69) is 47.8 Å². The molecule has 134 valence electrons. The highest BCUT2D eigenvalue weighted by Crippen LogP contribution is 2.46. The van der Waals surface area contributed by atoms with E-state index in [1.54, 1.807) is 0 Å². The van der Waals surface area contributed by atoms with Crippen LogP contribution in [0.4, 0.5) is 0 Å². The summed E-state index contributed by atoms with van der Waals surface area (Å²) in [6, 6.07) is 22.0. The number of nitrogens with zero attached hydrogens (tertiary/aromatic N) is 1. The summed E-state index contributed by atoms with van der Waals surface area (Å²) >= 11 is 0. The van der Waals surface area contributed by atoms with Gasteiger partial charge in [-0.2, -0.15) is 5.26 Å². The van der Waals surface area contributed by atoms with E-state index in [1.807, 2.05) is 18.2 Å². The van der Waals surface area contributed by atoms with Gasteiger partial charge in [-0.15, -0.1) is 0 Å². The third-order valence-electron chi connectivity index (χ3n) is 6.46. The summed E-state index contributed by atoms with van der Waals surface area (Å²) in [7, 11) is 0. The number of hydrogen-bond donors (Lipinski definition) is 1. The monoisotopic (exact) mass is 344 g/mol. The van der Waals surface area contributed by atoms with Gasteiger partial charge in [0.25, 0.3) is 0 Å². The van der Waals surface area contributed by atoms with Crippen LogP contribution in [-0.2, 0) is 6.42 Å². The van der Waals surface area contributed by atoms with Crippen molar-refractivity contribution in [3.63, 3.8) is 0 Å². The summed E-state index contributed by atoms with van der Waals surface area (Å²) in [6.45, 7) is 1.17. The van der Waals surface area contributed by atoms with Crippen molar-refractivity contribution in [3.05, 3.63) is 71.3 Å². The van der Waals surface area contributed by atoms with Crippen molar-refractivity contribution in [1.29, 1.82) is 5.26 Å². The Morgan fingerprint density at radius 1 is 1.04 bits per heavy atom. The van der Waals surface area contributed by atoms with Gasteiger partial charge < -0.3 is 5.32 Å². The Bertz CT molecular complexity index is 770. The molecule has 0 radical (unpaired) electrons. The first-order chi connectivity index (χ1) is 12.8. The maximum absolute atomic E-state index is 9.25. The number of hydrogen-bond acceptors (Lipinski definition) is 2. The van der Waals surface area contributed by atoms with E-state index in [0.29, 0.717) is 11.5 Å². The minimum absolute atomic E-state index is 0.505. The average molecular weight is 345 g/mol. The van der Waals surface area contributed by atoms with Gasteiger partial charge in [-0.1, -0.05) is 55.0 Å². The lowest BCUT2D eigenvalue weighted by atomic mass is 9.65. The Balaban J connectivity index is 1.25. The highest BCUT2D eigenvalue weighted by atomic mass is 15.0. The van der Waals surface area contributed by atoms with Crippen molar-refractivity contribution in [2.45, 2.75) is 56.9 Å². The first-order valence-electron chi connectivity index (χ1n) is 10.1. The van der Waals surface area contributed by atoms with Gasteiger partial charge in [0.05, 0.1) is 11.6 Å². The molecule has 2 aliphatic carbocycles. The fourth-order valence-electron chi connectivity index (χ4n) is 4.53. The van der Waals surface area contributed by atoms with Gasteiger partial charge in [0, 0.05) is 18.5 Å². The zero-order chi connectivity index (χ0) is 17.8. The van der Waals surface area contributed by atoms with Crippen LogP contribution in [0.25, 0.3) is 0 Å². The summed E-state index contributed by atoms with van der Waals surface area (Å²) < 4.78 is 0. The molecule has 2 aromatic rings. The molecule has 2 aromatic carbocycles. The minimum Gasteiger partial charge on any atom is -0.313 e. The third-order valence-corrected chi connectivity index (χ3v) is 6.46. The number of rotatable bonds is 8. The van der Waals surface area contributed by atoms with Gasteiger partial charge in [0.1, 0.15) is 0 Å². The van der Waals surface area contributed by atoms with Crippen LogP contribution in [0.3, 0.4) is 0 Å². The van der Waals surface area contributed by atoms with Gasteiger partial charge >= 0.3 is 0 Å². The number of benzene rings is 2. The topological polar surface area (TPSA) is 35.8 Å². The summed E-state index contributed by atoms with van der Waals surface area (Å²) in [4.78, 5) is 0. The molecule has 0 amide bonds. The highest BCUT2D eigenvalue weighted by molar-refractivity contribution is 5.37. The molecule has 1 N–H and O–H groups in total. The summed E-state index contributed by atoms with van der Waals surface area (Å²) in [5.74, 6) is 0.718. The van der Waals surface area contributed by atoms with Crippen molar-refractivity contribution in [2.75, 3.05) is 6.54 Å². The zero-order valence-electron chi connectivity index (χ0n) is 15.5. The van der Waals surface area contributed by atoms with E-state index >= 15 is 0 Å². The first kappa shape index (κ1) is 17.3. The summed E-state index contributed by atoms with van der Waals surface area (Å²) in [5.41, 5.74) is 4.05. The van der Waals surface area contributed by atoms with Crippen LogP contribution >= 0.6 is 0 Å². The first-order valence-corrected chi connectivity index (χ1v) is 10.1. The summed E-state index contributed by atoms with van der Waals surface area (Å²) in [5, 5.41) is 13.1. The molecule has 2 nitrogen and oxygen atoms in total. The van der Waals surface area contributed by atoms with Crippen molar-refractivity contribution in [3.8, 4) is 6.07 Å². The highest BCUT2D eigenvalue weighted by Gasteiger charge is 2.42. The molecule has 26 heavy (non-hydrogen) atoms. The Labute approximate surface area is 157 Å². The predicted molar refractivity (Wildman–Crippen MR) is 106 cm³/mol. The lowest BCUT2D eigenvalue weighted by Gasteiger charge is -2.42. The molecule has 0 spiro atoms. The molecule has 2 fully saturated rings. The second kappa shape index (κ2) is 7.64. The molecule has 2 heteroatoms. The maximum atomic E-state index is 9.25. The van der Waals surface area contributed by atoms with Gasteiger partial charge in [-0.3, -0.25) is 0 Å². The number of nitrogens with one attached hydrogen (secondary N) is 1. The van der Waals surface area contributed by atoms with E-state index in [4.69, 9.17) is 0 Å². The van der Waals surface area contributed by atoms with Crippen LogP contribution in [-0.4, -0.2) is 12.6 Å². The number of nitriles is 1. The smallest absolute Gasteiger partial charge is 0.0994 e. The molecular formula is C24H28N2. The van der Waals surface area contributed by atoms with Crippen LogP contribution in [0, 0.1) is 16.7 Å². The van der Waals surface area contributed by atoms with Crippen molar-refractivity contribution in [1.82, 2.24) is 5.32 Å². The van der Waals surface area contributed by atoms with E-state index in [1.165, 1.54) is 56.2 Å². The fraction of sp³-hybridized carbons (Fsp3) is 0.458. The Hall–Kier alpha value is -2.11. The van der Waals surface area contributed by atoms with Gasteiger partial charge in [-0.25, -0.2) is 0 Å². The second-order valence-electron chi connectivity index (χ2n) is 8.22. The fourth-order valence-corrected chi connectivity index (χ4v) is 4.53. The van der Waals surface area contributed by atoms with E-state index in [0.717, 1.165) is 17.9 Å². The van der Waals surface area contributed by atoms with Crippen LogP contribution < -0.4 is 5.32 Å². The molecule has 0 bridgehead atoms. The standard InChI is InChI=1S/C24H28N2/c25-17-21-11-5-4-8-19(21)12-6-13-24(14-7-15-24)18-26-23-16-22(23)20-9-2-1-3-10-20/h1-5,8-11,22-23,26H,6-7,12-16,18H2/t22?,23-/m0/s1.